The highest BCUT2D eigenvalue weighted by Gasteiger charge is 1.88. The van der Waals surface area contributed by atoms with Crippen LogP contribution in [-0.2, 0) is 0 Å². The molecule has 0 unspecified atom stereocenters. The lowest BCUT2D eigenvalue weighted by atomic mass is 10.2. The van der Waals surface area contributed by atoms with Gasteiger partial charge in [0.25, 0.3) is 0 Å². The molecule has 1 rings (SSSR count). The van der Waals surface area contributed by atoms with Gasteiger partial charge in [-0.05, 0) is 18.6 Å². The summed E-state index contributed by atoms with van der Waals surface area (Å²) in [5, 5.41) is 0. The second-order valence-electron chi connectivity index (χ2n) is 1.83. The first-order chi connectivity index (χ1) is 5.34. The molecule has 0 fully saturated rings. The molecule has 0 spiro atoms. The van der Waals surface area contributed by atoms with Crippen LogP contribution in [0.25, 0.3) is 0 Å². The lowest BCUT2D eigenvalue weighted by Crippen LogP contribution is -1.80. The molecule has 0 amide bonds. The fraction of sp³-hybridized carbons (Fsp3) is 0.300. The zero-order valence-corrected chi connectivity index (χ0v) is 7.26. The zero-order chi connectivity index (χ0) is 8.69. The molecule has 11 heavy (non-hydrogen) atoms. The van der Waals surface area contributed by atoms with Crippen LogP contribution in [0.1, 0.15) is 25.0 Å². The van der Waals surface area contributed by atoms with Gasteiger partial charge in [0.2, 0.25) is 0 Å². The molecule has 0 N–H and O–H groups in total. The highest BCUT2D eigenvalue weighted by atomic mass is 14.6. The number of terminal acetylenes is 1. The molecule has 0 atom stereocenters. The van der Waals surface area contributed by atoms with Crippen molar-refractivity contribution >= 4 is 0 Å². The third-order valence-corrected chi connectivity index (χ3v) is 1.18. The summed E-state index contributed by atoms with van der Waals surface area (Å²) in [6.07, 6.45) is 8.63. The Morgan fingerprint density at radius 1 is 1.45 bits per heavy atom. The number of nitrogens with zero attached hydrogens (tertiary/aromatic N) is 1. The largest absolute Gasteiger partial charge is 0.264 e. The summed E-state index contributed by atoms with van der Waals surface area (Å²) in [5.41, 5.74) is 1.98. The molecular formula is C10H13N. The summed E-state index contributed by atoms with van der Waals surface area (Å²) >= 11 is 0. The molecule has 1 aromatic heterocycles. The number of hydrogen-bond acceptors (Lipinski definition) is 1. The van der Waals surface area contributed by atoms with Gasteiger partial charge in [-0.25, -0.2) is 0 Å². The Balaban J connectivity index is 0.000000461. The van der Waals surface area contributed by atoms with E-state index in [1.807, 2.05) is 26.8 Å². The highest BCUT2D eigenvalue weighted by molar-refractivity contribution is 5.36. The normalized spacial score (nSPS) is 7.45. The molecular weight excluding hydrogens is 134 g/mol. The Labute approximate surface area is 68.5 Å². The lowest BCUT2D eigenvalue weighted by molar-refractivity contribution is 1.25. The van der Waals surface area contributed by atoms with Crippen molar-refractivity contribution in [3.63, 3.8) is 0 Å². The summed E-state index contributed by atoms with van der Waals surface area (Å²) < 4.78 is 0. The molecule has 0 saturated carbocycles. The quantitative estimate of drug-likeness (QED) is 0.513. The first-order valence-corrected chi connectivity index (χ1v) is 3.72. The second kappa shape index (κ2) is 5.49. The predicted molar refractivity (Wildman–Crippen MR) is 48.3 cm³/mol. The summed E-state index contributed by atoms with van der Waals surface area (Å²) in [4.78, 5) is 3.90. The van der Waals surface area contributed by atoms with Gasteiger partial charge in [-0.15, -0.1) is 6.42 Å². The number of rotatable bonds is 0. The minimum absolute atomic E-state index is 0.921. The van der Waals surface area contributed by atoms with Gasteiger partial charge in [-0.2, -0.15) is 0 Å². The van der Waals surface area contributed by atoms with Gasteiger partial charge in [0, 0.05) is 18.0 Å². The van der Waals surface area contributed by atoms with Gasteiger partial charge in [0.15, 0.2) is 0 Å². The van der Waals surface area contributed by atoms with E-state index in [1.54, 1.807) is 12.4 Å². The van der Waals surface area contributed by atoms with Crippen molar-refractivity contribution in [2.45, 2.75) is 20.8 Å². The highest BCUT2D eigenvalue weighted by Crippen LogP contribution is 2.00. The van der Waals surface area contributed by atoms with E-state index in [1.165, 1.54) is 0 Å². The van der Waals surface area contributed by atoms with Crippen LogP contribution < -0.4 is 0 Å². The van der Waals surface area contributed by atoms with Crippen LogP contribution >= 0.6 is 0 Å². The SMILES string of the molecule is C#Cc1ccncc1C.CC. The van der Waals surface area contributed by atoms with Crippen molar-refractivity contribution in [2.75, 3.05) is 0 Å². The van der Waals surface area contributed by atoms with Gasteiger partial charge in [-0.3, -0.25) is 4.98 Å². The number of pyridine rings is 1. The van der Waals surface area contributed by atoms with E-state index in [0.29, 0.717) is 0 Å². The van der Waals surface area contributed by atoms with Crippen LogP contribution in [0.15, 0.2) is 18.5 Å². The summed E-state index contributed by atoms with van der Waals surface area (Å²) in [6.45, 7) is 5.95. The zero-order valence-electron chi connectivity index (χ0n) is 7.26. The topological polar surface area (TPSA) is 12.9 Å². The molecule has 0 bridgehead atoms. The van der Waals surface area contributed by atoms with Crippen LogP contribution in [0.5, 0.6) is 0 Å². The van der Waals surface area contributed by atoms with Crippen LogP contribution in [0.2, 0.25) is 0 Å². The van der Waals surface area contributed by atoms with Crippen molar-refractivity contribution in [2.24, 2.45) is 0 Å². The van der Waals surface area contributed by atoms with Crippen LogP contribution in [-0.4, -0.2) is 4.98 Å². The molecule has 0 aliphatic rings. The molecule has 0 aromatic carbocycles. The van der Waals surface area contributed by atoms with E-state index in [2.05, 4.69) is 10.9 Å². The lowest BCUT2D eigenvalue weighted by Gasteiger charge is -1.92. The van der Waals surface area contributed by atoms with Crippen LogP contribution in [0.4, 0.5) is 0 Å². The van der Waals surface area contributed by atoms with Crippen molar-refractivity contribution in [1.82, 2.24) is 4.98 Å². The Hall–Kier alpha value is -1.29. The van der Waals surface area contributed by atoms with Crippen LogP contribution in [0.3, 0.4) is 0 Å². The van der Waals surface area contributed by atoms with Crippen molar-refractivity contribution in [3.8, 4) is 12.3 Å². The smallest absolute Gasteiger partial charge is 0.0309 e. The Morgan fingerprint density at radius 2 is 2.09 bits per heavy atom. The monoisotopic (exact) mass is 147 g/mol. The predicted octanol–water partition coefficient (Wildman–Crippen LogP) is 2.40. The van der Waals surface area contributed by atoms with E-state index in [0.717, 1.165) is 11.1 Å². The fourth-order valence-electron chi connectivity index (χ4n) is 0.635. The molecule has 1 heterocycles. The van der Waals surface area contributed by atoms with E-state index in [9.17, 15) is 0 Å². The average molecular weight is 147 g/mol. The van der Waals surface area contributed by atoms with E-state index in [4.69, 9.17) is 6.42 Å². The van der Waals surface area contributed by atoms with Gasteiger partial charge in [0.1, 0.15) is 0 Å². The minimum atomic E-state index is 0.921. The molecule has 1 nitrogen and oxygen atoms in total. The fourth-order valence-corrected chi connectivity index (χ4v) is 0.635. The third-order valence-electron chi connectivity index (χ3n) is 1.18. The van der Waals surface area contributed by atoms with Gasteiger partial charge >= 0.3 is 0 Å². The molecule has 0 saturated heterocycles. The minimum Gasteiger partial charge on any atom is -0.264 e. The van der Waals surface area contributed by atoms with E-state index < -0.39 is 0 Å². The number of hydrogen-bond donors (Lipinski definition) is 0. The average Bonchev–Trinajstić information content (AvgIpc) is 2.09. The van der Waals surface area contributed by atoms with Crippen molar-refractivity contribution < 1.29 is 0 Å². The van der Waals surface area contributed by atoms with Gasteiger partial charge in [0.05, 0.1) is 0 Å². The second-order valence-corrected chi connectivity index (χ2v) is 1.83. The summed E-state index contributed by atoms with van der Waals surface area (Å²) in [7, 11) is 0. The van der Waals surface area contributed by atoms with Crippen molar-refractivity contribution in [3.05, 3.63) is 29.6 Å². The molecule has 0 aliphatic carbocycles. The maximum Gasteiger partial charge on any atom is 0.0309 e. The molecule has 58 valence electrons. The molecule has 0 aliphatic heterocycles. The number of aromatic nitrogens is 1. The standard InChI is InChI=1S/C8H7N.C2H6/c1-3-8-4-5-9-6-7(8)2;1-2/h1,4-6H,2H3;1-2H3. The van der Waals surface area contributed by atoms with Crippen molar-refractivity contribution in [1.29, 1.82) is 0 Å². The maximum atomic E-state index is 5.17. The Kier molecular flexibility index (Phi) is 4.85. The third kappa shape index (κ3) is 2.86. The van der Waals surface area contributed by atoms with Gasteiger partial charge < -0.3 is 0 Å². The summed E-state index contributed by atoms with van der Waals surface area (Å²) in [5.74, 6) is 2.56. The van der Waals surface area contributed by atoms with E-state index >= 15 is 0 Å². The first kappa shape index (κ1) is 9.71. The van der Waals surface area contributed by atoms with Crippen LogP contribution in [0, 0.1) is 19.3 Å². The Bertz CT molecular complexity index is 245. The molecule has 0 radical (unpaired) electrons. The first-order valence-electron chi connectivity index (χ1n) is 3.72. The van der Waals surface area contributed by atoms with Gasteiger partial charge in [-0.1, -0.05) is 19.8 Å². The maximum absolute atomic E-state index is 5.17. The number of aryl methyl sites for hydroxylation is 1. The summed E-state index contributed by atoms with van der Waals surface area (Å²) in [6, 6.07) is 1.83. The molecule has 1 heteroatoms. The Morgan fingerprint density at radius 3 is 2.45 bits per heavy atom. The van der Waals surface area contributed by atoms with E-state index in [-0.39, 0.29) is 0 Å². The molecule has 1 aromatic rings.